The average molecular weight is 314 g/mol. The van der Waals surface area contributed by atoms with Gasteiger partial charge in [-0.15, -0.1) is 11.3 Å². The van der Waals surface area contributed by atoms with Crippen molar-refractivity contribution in [3.8, 4) is 0 Å². The van der Waals surface area contributed by atoms with E-state index in [2.05, 4.69) is 27.9 Å². The van der Waals surface area contributed by atoms with Gasteiger partial charge in [0.1, 0.15) is 0 Å². The molecule has 2 aromatic heterocycles. The first-order valence-corrected chi connectivity index (χ1v) is 8.09. The molecule has 0 unspecified atom stereocenters. The molecule has 1 fully saturated rings. The molecule has 1 saturated heterocycles. The molecule has 0 radical (unpaired) electrons. The van der Waals surface area contributed by atoms with E-state index in [4.69, 9.17) is 0 Å². The number of aromatic nitrogens is 2. The summed E-state index contributed by atoms with van der Waals surface area (Å²) in [5.74, 6) is 0.805. The zero-order valence-corrected chi connectivity index (χ0v) is 13.3. The van der Waals surface area contributed by atoms with E-state index in [0.29, 0.717) is 13.1 Å². The van der Waals surface area contributed by atoms with Crippen molar-refractivity contribution in [3.05, 3.63) is 46.4 Å². The Morgan fingerprint density at radius 3 is 2.55 bits per heavy atom. The van der Waals surface area contributed by atoms with Crippen LogP contribution in [0, 0.1) is 6.92 Å². The van der Waals surface area contributed by atoms with Crippen LogP contribution in [0.2, 0.25) is 0 Å². The second kappa shape index (κ2) is 6.70. The van der Waals surface area contributed by atoms with Gasteiger partial charge in [-0.25, -0.2) is 9.97 Å². The van der Waals surface area contributed by atoms with Gasteiger partial charge < -0.3 is 9.80 Å². The van der Waals surface area contributed by atoms with E-state index in [-0.39, 0.29) is 5.91 Å². The highest BCUT2D eigenvalue weighted by atomic mass is 32.1. The highest BCUT2D eigenvalue weighted by Crippen LogP contribution is 2.17. The summed E-state index contributed by atoms with van der Waals surface area (Å²) in [7, 11) is 0. The quantitative estimate of drug-likeness (QED) is 0.815. The van der Waals surface area contributed by atoms with Crippen molar-refractivity contribution >= 4 is 29.3 Å². The zero-order valence-electron chi connectivity index (χ0n) is 12.5. The van der Waals surface area contributed by atoms with Crippen LogP contribution >= 0.6 is 11.3 Å². The molecule has 0 aromatic carbocycles. The summed E-state index contributed by atoms with van der Waals surface area (Å²) in [5.41, 5.74) is 0. The summed E-state index contributed by atoms with van der Waals surface area (Å²) < 4.78 is 0. The van der Waals surface area contributed by atoms with Crippen LogP contribution < -0.4 is 4.90 Å². The van der Waals surface area contributed by atoms with Crippen molar-refractivity contribution < 1.29 is 4.79 Å². The minimum Gasteiger partial charge on any atom is -0.337 e. The number of aryl methyl sites for hydroxylation is 1. The molecule has 0 N–H and O–H groups in total. The highest BCUT2D eigenvalue weighted by Gasteiger charge is 2.20. The molecule has 6 heteroatoms. The first kappa shape index (κ1) is 14.7. The maximum Gasteiger partial charge on any atom is 0.246 e. The standard InChI is InChI=1S/C16H18N4OS/c1-13-3-4-14(22-13)5-6-15(21)19-9-11-20(12-10-19)16-17-7-2-8-18-16/h2-8H,9-12H2,1H3/b6-5+. The number of carbonyl (C=O) groups excluding carboxylic acids is 1. The summed E-state index contributed by atoms with van der Waals surface area (Å²) >= 11 is 1.69. The summed E-state index contributed by atoms with van der Waals surface area (Å²) in [6.07, 6.45) is 7.05. The van der Waals surface area contributed by atoms with Crippen LogP contribution in [0.3, 0.4) is 0 Å². The monoisotopic (exact) mass is 314 g/mol. The fourth-order valence-corrected chi connectivity index (χ4v) is 3.16. The van der Waals surface area contributed by atoms with E-state index in [1.54, 1.807) is 35.9 Å². The number of amides is 1. The van der Waals surface area contributed by atoms with Gasteiger partial charge >= 0.3 is 0 Å². The second-order valence-electron chi connectivity index (χ2n) is 5.14. The first-order valence-electron chi connectivity index (χ1n) is 7.28. The van der Waals surface area contributed by atoms with E-state index >= 15 is 0 Å². The Balaban J connectivity index is 1.55. The SMILES string of the molecule is Cc1ccc(/C=C/C(=O)N2CCN(c3ncccn3)CC2)s1. The summed E-state index contributed by atoms with van der Waals surface area (Å²) in [6.45, 7) is 4.99. The highest BCUT2D eigenvalue weighted by molar-refractivity contribution is 7.12. The van der Waals surface area contributed by atoms with E-state index in [1.807, 2.05) is 17.0 Å². The molecule has 2 aromatic rings. The van der Waals surface area contributed by atoms with Gasteiger partial charge in [0.25, 0.3) is 0 Å². The smallest absolute Gasteiger partial charge is 0.246 e. The Morgan fingerprint density at radius 2 is 1.91 bits per heavy atom. The minimum absolute atomic E-state index is 0.0692. The Hall–Kier alpha value is -2.21. The van der Waals surface area contributed by atoms with Crippen LogP contribution in [0.25, 0.3) is 6.08 Å². The van der Waals surface area contributed by atoms with Gasteiger partial charge in [0.05, 0.1) is 0 Å². The van der Waals surface area contributed by atoms with Crippen LogP contribution in [0.4, 0.5) is 5.95 Å². The molecular formula is C16H18N4OS. The van der Waals surface area contributed by atoms with Crippen molar-refractivity contribution in [2.75, 3.05) is 31.1 Å². The Morgan fingerprint density at radius 1 is 1.18 bits per heavy atom. The van der Waals surface area contributed by atoms with E-state index in [9.17, 15) is 4.79 Å². The summed E-state index contributed by atoms with van der Waals surface area (Å²) in [5, 5.41) is 0. The van der Waals surface area contributed by atoms with Crippen molar-refractivity contribution in [3.63, 3.8) is 0 Å². The van der Waals surface area contributed by atoms with Gasteiger partial charge in [-0.2, -0.15) is 0 Å². The maximum absolute atomic E-state index is 12.2. The molecule has 1 aliphatic rings. The van der Waals surface area contributed by atoms with E-state index in [0.717, 1.165) is 23.9 Å². The predicted molar refractivity (Wildman–Crippen MR) is 88.9 cm³/mol. The molecule has 0 aliphatic carbocycles. The number of anilines is 1. The Kier molecular flexibility index (Phi) is 4.48. The molecule has 5 nitrogen and oxygen atoms in total. The van der Waals surface area contributed by atoms with Crippen molar-refractivity contribution in [1.82, 2.24) is 14.9 Å². The van der Waals surface area contributed by atoms with E-state index in [1.165, 1.54) is 4.88 Å². The minimum atomic E-state index is 0.0692. The van der Waals surface area contributed by atoms with Gasteiger partial charge in [0, 0.05) is 54.4 Å². The molecule has 0 saturated carbocycles. The number of rotatable bonds is 3. The molecule has 22 heavy (non-hydrogen) atoms. The summed E-state index contributed by atoms with van der Waals surface area (Å²) in [4.78, 5) is 27.1. The van der Waals surface area contributed by atoms with Gasteiger partial charge in [-0.1, -0.05) is 0 Å². The third kappa shape index (κ3) is 3.51. The van der Waals surface area contributed by atoms with Crippen LogP contribution in [-0.2, 0) is 4.79 Å². The molecule has 3 rings (SSSR count). The summed E-state index contributed by atoms with van der Waals surface area (Å²) in [6, 6.07) is 5.91. The van der Waals surface area contributed by atoms with Crippen molar-refractivity contribution in [2.45, 2.75) is 6.92 Å². The number of carbonyl (C=O) groups is 1. The number of thiophene rings is 1. The number of nitrogens with zero attached hydrogens (tertiary/aromatic N) is 4. The largest absolute Gasteiger partial charge is 0.337 e. The molecule has 1 aliphatic heterocycles. The normalized spacial score (nSPS) is 15.5. The van der Waals surface area contributed by atoms with E-state index < -0.39 is 0 Å². The van der Waals surface area contributed by atoms with Crippen LogP contribution in [0.15, 0.2) is 36.7 Å². The van der Waals surface area contributed by atoms with Gasteiger partial charge in [-0.3, -0.25) is 4.79 Å². The van der Waals surface area contributed by atoms with Gasteiger partial charge in [0.15, 0.2) is 0 Å². The van der Waals surface area contributed by atoms with Crippen molar-refractivity contribution in [1.29, 1.82) is 0 Å². The molecule has 1 amide bonds. The molecule has 0 bridgehead atoms. The number of piperazine rings is 1. The molecule has 0 atom stereocenters. The number of hydrogen-bond donors (Lipinski definition) is 0. The number of hydrogen-bond acceptors (Lipinski definition) is 5. The molecule has 3 heterocycles. The lowest BCUT2D eigenvalue weighted by molar-refractivity contribution is -0.126. The fraction of sp³-hybridized carbons (Fsp3) is 0.312. The van der Waals surface area contributed by atoms with Gasteiger partial charge in [-0.05, 0) is 31.2 Å². The Labute approximate surface area is 133 Å². The van der Waals surface area contributed by atoms with Crippen LogP contribution in [0.1, 0.15) is 9.75 Å². The fourth-order valence-electron chi connectivity index (χ4n) is 2.38. The predicted octanol–water partition coefficient (Wildman–Crippen LogP) is 2.21. The third-order valence-corrected chi connectivity index (χ3v) is 4.54. The zero-order chi connectivity index (χ0) is 15.4. The third-order valence-electron chi connectivity index (χ3n) is 3.58. The molecule has 0 spiro atoms. The van der Waals surface area contributed by atoms with Crippen LogP contribution in [-0.4, -0.2) is 47.0 Å². The van der Waals surface area contributed by atoms with Crippen molar-refractivity contribution in [2.24, 2.45) is 0 Å². The Bertz CT molecular complexity index is 660. The van der Waals surface area contributed by atoms with Crippen LogP contribution in [0.5, 0.6) is 0 Å². The lowest BCUT2D eigenvalue weighted by atomic mass is 10.3. The molecule has 114 valence electrons. The second-order valence-corrected chi connectivity index (χ2v) is 6.46. The average Bonchev–Trinajstić information content (AvgIpc) is 2.99. The lowest BCUT2D eigenvalue weighted by Crippen LogP contribution is -2.48. The first-order chi connectivity index (χ1) is 10.7. The lowest BCUT2D eigenvalue weighted by Gasteiger charge is -2.34. The maximum atomic E-state index is 12.2. The van der Waals surface area contributed by atoms with Gasteiger partial charge in [0.2, 0.25) is 11.9 Å². The molecular weight excluding hydrogens is 296 g/mol. The topological polar surface area (TPSA) is 49.3 Å².